The topological polar surface area (TPSA) is 71.0 Å². The van der Waals surface area contributed by atoms with Crippen LogP contribution in [-0.4, -0.2) is 54.9 Å². The van der Waals surface area contributed by atoms with Crippen LogP contribution in [0.25, 0.3) is 0 Å². The number of carbonyl (C=O) groups excluding carboxylic acids is 1. The van der Waals surface area contributed by atoms with Crippen molar-refractivity contribution in [2.75, 3.05) is 33.4 Å². The predicted molar refractivity (Wildman–Crippen MR) is 122 cm³/mol. The molecule has 0 saturated carbocycles. The number of ether oxygens (including phenoxy) is 2. The summed E-state index contributed by atoms with van der Waals surface area (Å²) in [5.41, 5.74) is 1.91. The highest BCUT2D eigenvalue weighted by molar-refractivity contribution is 6.32. The molecule has 1 fully saturated rings. The molecular formula is C24H31ClN2O4. The lowest BCUT2D eigenvalue weighted by Gasteiger charge is -2.38. The summed E-state index contributed by atoms with van der Waals surface area (Å²) in [6.07, 6.45) is 1.45. The normalized spacial score (nSPS) is 19.1. The lowest BCUT2D eigenvalue weighted by Crippen LogP contribution is -2.53. The first-order valence-corrected chi connectivity index (χ1v) is 10.9. The van der Waals surface area contributed by atoms with Crippen LogP contribution >= 0.6 is 11.6 Å². The zero-order valence-electron chi connectivity index (χ0n) is 18.4. The van der Waals surface area contributed by atoms with Gasteiger partial charge in [-0.1, -0.05) is 23.7 Å². The van der Waals surface area contributed by atoms with Gasteiger partial charge in [0.1, 0.15) is 23.7 Å². The van der Waals surface area contributed by atoms with Crippen LogP contribution in [0.1, 0.15) is 29.5 Å². The van der Waals surface area contributed by atoms with Crippen LogP contribution in [0.4, 0.5) is 0 Å². The van der Waals surface area contributed by atoms with E-state index >= 15 is 0 Å². The van der Waals surface area contributed by atoms with Crippen LogP contribution in [0, 0.1) is 13.8 Å². The van der Waals surface area contributed by atoms with E-state index in [1.54, 1.807) is 7.11 Å². The SMILES string of the molecule is COc1ccc(CNC(=O)CN2CCCC(O)(COc3cc(C)c(Cl)c(C)c3)C2)cc1. The molecule has 0 radical (unpaired) electrons. The molecule has 7 heteroatoms. The molecule has 1 heterocycles. The smallest absolute Gasteiger partial charge is 0.234 e. The lowest BCUT2D eigenvalue weighted by atomic mass is 9.93. The Labute approximate surface area is 189 Å². The van der Waals surface area contributed by atoms with E-state index in [0.29, 0.717) is 25.3 Å². The van der Waals surface area contributed by atoms with E-state index in [9.17, 15) is 9.90 Å². The van der Waals surface area contributed by atoms with Crippen LogP contribution < -0.4 is 14.8 Å². The summed E-state index contributed by atoms with van der Waals surface area (Å²) in [7, 11) is 1.62. The van der Waals surface area contributed by atoms with E-state index in [1.165, 1.54) is 0 Å². The van der Waals surface area contributed by atoms with E-state index in [-0.39, 0.29) is 19.1 Å². The Morgan fingerprint density at radius 2 is 1.87 bits per heavy atom. The van der Waals surface area contributed by atoms with Gasteiger partial charge in [0, 0.05) is 18.1 Å². The first kappa shape index (κ1) is 23.4. The zero-order valence-corrected chi connectivity index (χ0v) is 19.2. The minimum absolute atomic E-state index is 0.0649. The molecule has 3 rings (SSSR count). The first-order chi connectivity index (χ1) is 14.8. The third-order valence-corrected chi connectivity index (χ3v) is 6.16. The molecule has 1 aliphatic heterocycles. The number of nitrogens with zero attached hydrogens (tertiary/aromatic N) is 1. The largest absolute Gasteiger partial charge is 0.497 e. The van der Waals surface area contributed by atoms with Crippen molar-refractivity contribution in [2.24, 2.45) is 0 Å². The van der Waals surface area contributed by atoms with Gasteiger partial charge in [-0.15, -0.1) is 0 Å². The van der Waals surface area contributed by atoms with Gasteiger partial charge in [0.05, 0.1) is 13.7 Å². The zero-order chi connectivity index (χ0) is 22.4. The fraction of sp³-hybridized carbons (Fsp3) is 0.458. The van der Waals surface area contributed by atoms with E-state index in [0.717, 1.165) is 40.4 Å². The van der Waals surface area contributed by atoms with Crippen LogP contribution in [0.15, 0.2) is 36.4 Å². The summed E-state index contributed by atoms with van der Waals surface area (Å²) in [6, 6.07) is 11.4. The van der Waals surface area contributed by atoms with Crippen molar-refractivity contribution < 1.29 is 19.4 Å². The van der Waals surface area contributed by atoms with Crippen molar-refractivity contribution in [3.8, 4) is 11.5 Å². The fourth-order valence-electron chi connectivity index (χ4n) is 3.87. The van der Waals surface area contributed by atoms with Gasteiger partial charge in [0.2, 0.25) is 5.91 Å². The molecule has 31 heavy (non-hydrogen) atoms. The molecule has 2 aromatic carbocycles. The van der Waals surface area contributed by atoms with Crippen molar-refractivity contribution in [1.29, 1.82) is 0 Å². The number of rotatable bonds is 8. The monoisotopic (exact) mass is 446 g/mol. The number of halogens is 1. The number of aliphatic hydroxyl groups is 1. The van der Waals surface area contributed by atoms with Gasteiger partial charge in [0.25, 0.3) is 0 Å². The molecule has 1 atom stereocenters. The second-order valence-electron chi connectivity index (χ2n) is 8.32. The highest BCUT2D eigenvalue weighted by Crippen LogP contribution is 2.28. The van der Waals surface area contributed by atoms with Gasteiger partial charge in [-0.05, 0) is 74.2 Å². The maximum absolute atomic E-state index is 12.4. The molecule has 1 aliphatic rings. The third kappa shape index (κ3) is 6.60. The Morgan fingerprint density at radius 3 is 2.52 bits per heavy atom. The summed E-state index contributed by atoms with van der Waals surface area (Å²) in [4.78, 5) is 14.4. The third-order valence-electron chi connectivity index (χ3n) is 5.57. The molecule has 1 amide bonds. The molecule has 0 aromatic heterocycles. The Kier molecular flexibility index (Phi) is 7.81. The van der Waals surface area contributed by atoms with E-state index < -0.39 is 5.60 Å². The molecule has 0 spiro atoms. The summed E-state index contributed by atoms with van der Waals surface area (Å²) < 4.78 is 11.0. The quantitative estimate of drug-likeness (QED) is 0.649. The van der Waals surface area contributed by atoms with Crippen molar-refractivity contribution in [3.63, 3.8) is 0 Å². The minimum atomic E-state index is -0.990. The highest BCUT2D eigenvalue weighted by Gasteiger charge is 2.34. The van der Waals surface area contributed by atoms with Gasteiger partial charge >= 0.3 is 0 Å². The van der Waals surface area contributed by atoms with E-state index in [2.05, 4.69) is 5.32 Å². The number of benzene rings is 2. The molecule has 2 aromatic rings. The summed E-state index contributed by atoms with van der Waals surface area (Å²) in [5.74, 6) is 1.42. The number of carbonyl (C=O) groups is 1. The van der Waals surface area contributed by atoms with Crippen molar-refractivity contribution in [1.82, 2.24) is 10.2 Å². The van der Waals surface area contributed by atoms with Gasteiger partial charge < -0.3 is 19.9 Å². The second kappa shape index (κ2) is 10.4. The predicted octanol–water partition coefficient (Wildman–Crippen LogP) is 3.49. The number of aryl methyl sites for hydroxylation is 2. The molecule has 1 saturated heterocycles. The number of hydrogen-bond donors (Lipinski definition) is 2. The summed E-state index contributed by atoms with van der Waals surface area (Å²) in [5, 5.41) is 14.7. The number of methoxy groups -OCH3 is 1. The first-order valence-electron chi connectivity index (χ1n) is 10.5. The highest BCUT2D eigenvalue weighted by atomic mass is 35.5. The van der Waals surface area contributed by atoms with Crippen molar-refractivity contribution in [2.45, 2.75) is 38.8 Å². The average Bonchev–Trinajstić information content (AvgIpc) is 2.75. The maximum Gasteiger partial charge on any atom is 0.234 e. The number of piperidine rings is 1. The lowest BCUT2D eigenvalue weighted by molar-refractivity contribution is -0.124. The van der Waals surface area contributed by atoms with Crippen molar-refractivity contribution >= 4 is 17.5 Å². The van der Waals surface area contributed by atoms with E-state index in [4.69, 9.17) is 21.1 Å². The Bertz CT molecular complexity index is 880. The van der Waals surface area contributed by atoms with Crippen LogP contribution in [0.2, 0.25) is 5.02 Å². The fourth-order valence-corrected chi connectivity index (χ4v) is 3.98. The van der Waals surface area contributed by atoms with Crippen molar-refractivity contribution in [3.05, 3.63) is 58.1 Å². The number of hydrogen-bond acceptors (Lipinski definition) is 5. The molecule has 6 nitrogen and oxygen atoms in total. The summed E-state index contributed by atoms with van der Waals surface area (Å²) >= 11 is 6.22. The molecule has 0 bridgehead atoms. The molecule has 168 valence electrons. The molecule has 2 N–H and O–H groups in total. The standard InChI is InChI=1S/C24H31ClN2O4/c1-17-11-21(12-18(2)23(17)25)31-16-24(29)9-4-10-27(15-24)14-22(28)26-13-19-5-7-20(30-3)8-6-19/h5-8,11-12,29H,4,9-10,13-16H2,1-3H3,(H,26,28). The number of β-amino-alcohol motifs (C(OH)–C–C–N with tert-alkyl or cyclic N) is 1. The van der Waals surface area contributed by atoms with Crippen LogP contribution in [-0.2, 0) is 11.3 Å². The minimum Gasteiger partial charge on any atom is -0.497 e. The Balaban J connectivity index is 1.48. The average molecular weight is 447 g/mol. The Morgan fingerprint density at radius 1 is 1.19 bits per heavy atom. The molecule has 0 aliphatic carbocycles. The number of likely N-dealkylation sites (tertiary alicyclic amines) is 1. The number of amides is 1. The van der Waals surface area contributed by atoms with Gasteiger partial charge in [-0.25, -0.2) is 0 Å². The van der Waals surface area contributed by atoms with Gasteiger partial charge in [0.15, 0.2) is 0 Å². The molecular weight excluding hydrogens is 416 g/mol. The van der Waals surface area contributed by atoms with Gasteiger partial charge in [-0.3, -0.25) is 9.69 Å². The molecule has 1 unspecified atom stereocenters. The van der Waals surface area contributed by atoms with E-state index in [1.807, 2.05) is 55.1 Å². The summed E-state index contributed by atoms with van der Waals surface area (Å²) in [6.45, 7) is 5.92. The maximum atomic E-state index is 12.4. The van der Waals surface area contributed by atoms with Crippen LogP contribution in [0.3, 0.4) is 0 Å². The van der Waals surface area contributed by atoms with Gasteiger partial charge in [-0.2, -0.15) is 0 Å². The van der Waals surface area contributed by atoms with Crippen LogP contribution in [0.5, 0.6) is 11.5 Å². The number of nitrogens with one attached hydrogen (secondary N) is 1. The Hall–Kier alpha value is -2.28. The second-order valence-corrected chi connectivity index (χ2v) is 8.70.